The molecule has 2 aromatic heterocycles. The molecule has 0 saturated carbocycles. The van der Waals surface area contributed by atoms with Crippen LogP contribution in [0, 0.1) is 6.92 Å². The minimum Gasteiger partial charge on any atom is -0.480 e. The highest BCUT2D eigenvalue weighted by Crippen LogP contribution is 2.34. The van der Waals surface area contributed by atoms with Gasteiger partial charge in [0.05, 0.1) is 17.0 Å². The summed E-state index contributed by atoms with van der Waals surface area (Å²) in [6, 6.07) is 12.4. The average molecular weight is 490 g/mol. The number of nitrogens with one attached hydrogen (secondary N) is 1. The molecule has 172 valence electrons. The summed E-state index contributed by atoms with van der Waals surface area (Å²) < 4.78 is 55.1. The lowest BCUT2D eigenvalue weighted by Crippen LogP contribution is -2.13. The molecule has 0 spiro atoms. The number of carboxylic acids is 1. The van der Waals surface area contributed by atoms with Crippen LogP contribution in [0.15, 0.2) is 59.6 Å². The molecule has 0 radical (unpaired) electrons. The van der Waals surface area contributed by atoms with Crippen LogP contribution in [0.3, 0.4) is 0 Å². The number of hydrogen-bond acceptors (Lipinski definition) is 7. The Hall–Kier alpha value is -3.64. The molecule has 12 heteroatoms. The zero-order valence-electron chi connectivity index (χ0n) is 17.3. The number of aromatic amines is 1. The van der Waals surface area contributed by atoms with Gasteiger partial charge in [0.25, 0.3) is 0 Å². The van der Waals surface area contributed by atoms with Crippen molar-refractivity contribution < 1.29 is 30.9 Å². The predicted octanol–water partition coefficient (Wildman–Crippen LogP) is 2.30. The van der Waals surface area contributed by atoms with Gasteiger partial charge in [0.15, 0.2) is 0 Å². The van der Waals surface area contributed by atoms with Gasteiger partial charge in [-0.2, -0.15) is 13.5 Å². The van der Waals surface area contributed by atoms with Crippen LogP contribution < -0.4 is 4.18 Å². The molecule has 2 N–H and O–H groups in total. The first kappa shape index (κ1) is 22.6. The highest BCUT2D eigenvalue weighted by atomic mass is 32.2. The van der Waals surface area contributed by atoms with Gasteiger partial charge < -0.3 is 13.9 Å². The predicted molar refractivity (Wildman–Crippen MR) is 120 cm³/mol. The summed E-state index contributed by atoms with van der Waals surface area (Å²) in [4.78, 5) is 11.3. The summed E-state index contributed by atoms with van der Waals surface area (Å²) >= 11 is 0. The summed E-state index contributed by atoms with van der Waals surface area (Å²) in [5, 5.41) is 16.4. The lowest BCUT2D eigenvalue weighted by atomic mass is 10.1. The molecule has 2 heterocycles. The van der Waals surface area contributed by atoms with Crippen LogP contribution in [-0.4, -0.2) is 42.7 Å². The van der Waals surface area contributed by atoms with Crippen LogP contribution in [0.25, 0.3) is 22.2 Å². The average Bonchev–Trinajstić information content (AvgIpc) is 3.36. The third-order valence-corrected chi connectivity index (χ3v) is 7.10. The fourth-order valence-electron chi connectivity index (χ4n) is 3.65. The summed E-state index contributed by atoms with van der Waals surface area (Å²) in [6.45, 7) is 1.09. The molecule has 33 heavy (non-hydrogen) atoms. The molecule has 2 aromatic carbocycles. The van der Waals surface area contributed by atoms with E-state index in [1.54, 1.807) is 30.5 Å². The topological polar surface area (TPSA) is 148 Å². The van der Waals surface area contributed by atoms with Crippen molar-refractivity contribution >= 4 is 37.7 Å². The second-order valence-electron chi connectivity index (χ2n) is 7.26. The van der Waals surface area contributed by atoms with E-state index in [2.05, 4.69) is 10.2 Å². The van der Waals surface area contributed by atoms with E-state index in [9.17, 15) is 26.7 Å². The van der Waals surface area contributed by atoms with Gasteiger partial charge >= 0.3 is 16.1 Å². The standard InChI is InChI=1S/C21H19N3O7S2/c1-13-21(33(29,30)31-16-5-2-14(3-6-16)12-32(27)28)17-10-15(18-8-9-22-23-18)4-7-19(17)24(13)11-20(25)26/h2-10,32H,11-12H2,1H3,(H,22,23)(H,25,26). The zero-order chi connectivity index (χ0) is 23.8. The summed E-state index contributed by atoms with van der Waals surface area (Å²) in [7, 11) is -6.98. The Kier molecular flexibility index (Phi) is 5.95. The van der Waals surface area contributed by atoms with Gasteiger partial charge in [-0.1, -0.05) is 18.2 Å². The Morgan fingerprint density at radius 1 is 1.15 bits per heavy atom. The molecule has 10 nitrogen and oxygen atoms in total. The van der Waals surface area contributed by atoms with Gasteiger partial charge in [0.2, 0.25) is 0 Å². The van der Waals surface area contributed by atoms with E-state index in [1.165, 1.54) is 35.8 Å². The molecule has 0 aliphatic carbocycles. The third kappa shape index (κ3) is 4.61. The number of fused-ring (bicyclic) bond motifs is 1. The van der Waals surface area contributed by atoms with Crippen LogP contribution in [0.1, 0.15) is 11.3 Å². The quantitative estimate of drug-likeness (QED) is 0.252. The van der Waals surface area contributed by atoms with Gasteiger partial charge in [-0.25, -0.2) is 8.42 Å². The number of H-pyrrole nitrogens is 1. The van der Waals surface area contributed by atoms with E-state index in [4.69, 9.17) is 4.18 Å². The van der Waals surface area contributed by atoms with Crippen LogP contribution in [0.5, 0.6) is 5.75 Å². The number of carboxylic acid groups (broad SMARTS) is 1. The first-order chi connectivity index (χ1) is 15.7. The van der Waals surface area contributed by atoms with Gasteiger partial charge in [-0.15, -0.1) is 0 Å². The van der Waals surface area contributed by atoms with E-state index >= 15 is 0 Å². The highest BCUT2D eigenvalue weighted by molar-refractivity contribution is 7.87. The molecule has 0 amide bonds. The molecule has 4 aromatic rings. The van der Waals surface area contributed by atoms with Gasteiger partial charge in [-0.3, -0.25) is 9.89 Å². The first-order valence-corrected chi connectivity index (χ1v) is 12.4. The largest absolute Gasteiger partial charge is 0.480 e. The Morgan fingerprint density at radius 2 is 1.88 bits per heavy atom. The molecular formula is C21H19N3O7S2. The molecule has 0 fully saturated rings. The Morgan fingerprint density at radius 3 is 2.48 bits per heavy atom. The third-order valence-electron chi connectivity index (χ3n) is 5.05. The maximum atomic E-state index is 13.3. The highest BCUT2D eigenvalue weighted by Gasteiger charge is 2.28. The second kappa shape index (κ2) is 8.71. The molecule has 0 bridgehead atoms. The van der Waals surface area contributed by atoms with Crippen molar-refractivity contribution in [1.82, 2.24) is 14.8 Å². The Bertz CT molecular complexity index is 1510. The van der Waals surface area contributed by atoms with Crippen molar-refractivity contribution in [3.05, 3.63) is 66.0 Å². The van der Waals surface area contributed by atoms with Crippen molar-refractivity contribution in [1.29, 1.82) is 0 Å². The number of benzene rings is 2. The molecule has 0 unspecified atom stereocenters. The van der Waals surface area contributed by atoms with Gasteiger partial charge in [-0.05, 0) is 42.8 Å². The minimum absolute atomic E-state index is 0.00173. The molecule has 4 rings (SSSR count). The van der Waals surface area contributed by atoms with Crippen molar-refractivity contribution in [2.45, 2.75) is 24.1 Å². The first-order valence-electron chi connectivity index (χ1n) is 9.66. The van der Waals surface area contributed by atoms with Crippen molar-refractivity contribution in [2.24, 2.45) is 0 Å². The number of carbonyl (C=O) groups is 1. The molecule has 0 atom stereocenters. The number of aromatic nitrogens is 3. The number of nitrogens with zero attached hydrogens (tertiary/aromatic N) is 2. The van der Waals surface area contributed by atoms with Crippen LogP contribution >= 0.6 is 0 Å². The van der Waals surface area contributed by atoms with E-state index in [0.29, 0.717) is 27.7 Å². The van der Waals surface area contributed by atoms with E-state index in [-0.39, 0.29) is 22.1 Å². The van der Waals surface area contributed by atoms with Crippen molar-refractivity contribution in [2.75, 3.05) is 0 Å². The molecular weight excluding hydrogens is 470 g/mol. The second-order valence-corrected chi connectivity index (χ2v) is 9.72. The van der Waals surface area contributed by atoms with Crippen LogP contribution in [-0.2, 0) is 37.9 Å². The van der Waals surface area contributed by atoms with E-state index in [1.807, 2.05) is 0 Å². The lowest BCUT2D eigenvalue weighted by molar-refractivity contribution is -0.137. The number of aliphatic carboxylic acids is 1. The number of rotatable bonds is 8. The number of hydrogen-bond donors (Lipinski definition) is 3. The number of thiol groups is 1. The Labute approximate surface area is 190 Å². The maximum absolute atomic E-state index is 13.3. The van der Waals surface area contributed by atoms with E-state index in [0.717, 1.165) is 0 Å². The van der Waals surface area contributed by atoms with Crippen LogP contribution in [0.4, 0.5) is 0 Å². The zero-order valence-corrected chi connectivity index (χ0v) is 19.0. The van der Waals surface area contributed by atoms with Gasteiger partial charge in [0, 0.05) is 22.8 Å². The van der Waals surface area contributed by atoms with Crippen molar-refractivity contribution in [3.8, 4) is 17.0 Å². The van der Waals surface area contributed by atoms with Gasteiger partial charge in [0.1, 0.15) is 27.9 Å². The normalized spacial score (nSPS) is 11.8. The minimum atomic E-state index is -4.37. The fourth-order valence-corrected chi connectivity index (χ4v) is 5.52. The summed E-state index contributed by atoms with van der Waals surface area (Å²) in [5.74, 6) is -1.29. The maximum Gasteiger partial charge on any atom is 0.341 e. The Balaban J connectivity index is 1.82. The molecule has 0 aliphatic heterocycles. The summed E-state index contributed by atoms with van der Waals surface area (Å²) in [6.07, 6.45) is 1.63. The fraction of sp³-hybridized carbons (Fsp3) is 0.143. The van der Waals surface area contributed by atoms with Crippen LogP contribution in [0.2, 0.25) is 0 Å². The SMILES string of the molecule is Cc1c(S(=O)(=O)Oc2ccc(C[SH](=O)=O)cc2)c2cc(-c3cc[nH]n3)ccc2n1CC(=O)O. The van der Waals surface area contributed by atoms with Crippen molar-refractivity contribution in [3.63, 3.8) is 0 Å². The molecule has 0 saturated heterocycles. The summed E-state index contributed by atoms with van der Waals surface area (Å²) in [5.41, 5.74) is 2.37. The van der Waals surface area contributed by atoms with E-state index < -0.39 is 33.3 Å². The smallest absolute Gasteiger partial charge is 0.341 e. The molecule has 0 aliphatic rings. The monoisotopic (exact) mass is 489 g/mol. The lowest BCUT2D eigenvalue weighted by Gasteiger charge is -2.09.